The van der Waals surface area contributed by atoms with E-state index in [2.05, 4.69) is 15.9 Å². The second kappa shape index (κ2) is 7.13. The third kappa shape index (κ3) is 3.68. The summed E-state index contributed by atoms with van der Waals surface area (Å²) in [7, 11) is 0. The van der Waals surface area contributed by atoms with Crippen LogP contribution in [0.2, 0.25) is 0 Å². The van der Waals surface area contributed by atoms with E-state index < -0.39 is 18.0 Å². The second-order valence-corrected chi connectivity index (χ2v) is 5.91. The van der Waals surface area contributed by atoms with Crippen molar-refractivity contribution in [1.82, 2.24) is 0 Å². The zero-order chi connectivity index (χ0) is 15.4. The van der Waals surface area contributed by atoms with Crippen molar-refractivity contribution in [2.45, 2.75) is 32.3 Å². The Balaban J connectivity index is 2.33. The molecule has 0 fully saturated rings. The maximum Gasteiger partial charge on any atom is 0.309 e. The lowest BCUT2D eigenvalue weighted by Crippen LogP contribution is -2.22. The lowest BCUT2D eigenvalue weighted by Gasteiger charge is -2.20. The molecule has 1 aromatic rings. The molecule has 0 aliphatic carbocycles. The minimum absolute atomic E-state index is 0.419. The van der Waals surface area contributed by atoms with Crippen molar-refractivity contribution >= 4 is 21.9 Å². The highest BCUT2D eigenvalue weighted by Gasteiger charge is 2.28. The average molecular weight is 359 g/mol. The number of aliphatic carboxylic acids is 1. The Bertz CT molecular complexity index is 517. The number of rotatable bonds is 5. The van der Waals surface area contributed by atoms with Gasteiger partial charge in [-0.3, -0.25) is 4.79 Å². The number of benzene rings is 1. The Labute approximate surface area is 132 Å². The van der Waals surface area contributed by atoms with Gasteiger partial charge in [0.2, 0.25) is 0 Å². The Morgan fingerprint density at radius 3 is 2.76 bits per heavy atom. The van der Waals surface area contributed by atoms with Gasteiger partial charge in [-0.1, -0.05) is 13.3 Å². The van der Waals surface area contributed by atoms with Gasteiger partial charge in [-0.15, -0.1) is 0 Å². The van der Waals surface area contributed by atoms with Crippen LogP contribution in [0.4, 0.5) is 0 Å². The zero-order valence-corrected chi connectivity index (χ0v) is 13.4. The van der Waals surface area contributed by atoms with Crippen molar-refractivity contribution in [1.29, 1.82) is 0 Å². The smallest absolute Gasteiger partial charge is 0.309 e. The van der Waals surface area contributed by atoms with Gasteiger partial charge in [-0.25, -0.2) is 0 Å². The predicted molar refractivity (Wildman–Crippen MR) is 80.7 cm³/mol. The minimum atomic E-state index is -1.07. The van der Waals surface area contributed by atoms with Crippen LogP contribution in [0.5, 0.6) is 11.5 Å². The second-order valence-electron chi connectivity index (χ2n) is 5.06. The van der Waals surface area contributed by atoms with Crippen molar-refractivity contribution in [3.63, 3.8) is 0 Å². The number of aliphatic hydroxyl groups excluding tert-OH is 1. The quantitative estimate of drug-likeness (QED) is 0.845. The first kappa shape index (κ1) is 16.1. The molecule has 21 heavy (non-hydrogen) atoms. The molecule has 0 spiro atoms. The number of carbonyl (C=O) groups is 1. The van der Waals surface area contributed by atoms with Crippen molar-refractivity contribution in [3.8, 4) is 11.5 Å². The van der Waals surface area contributed by atoms with Gasteiger partial charge in [-0.05, 0) is 40.0 Å². The van der Waals surface area contributed by atoms with E-state index in [1.54, 1.807) is 12.1 Å². The Kier molecular flexibility index (Phi) is 5.47. The molecule has 116 valence electrons. The van der Waals surface area contributed by atoms with Crippen molar-refractivity contribution in [3.05, 3.63) is 22.2 Å². The molecule has 1 heterocycles. The molecule has 1 aliphatic heterocycles. The van der Waals surface area contributed by atoms with E-state index in [9.17, 15) is 15.0 Å². The Hall–Kier alpha value is -1.27. The van der Waals surface area contributed by atoms with Gasteiger partial charge in [0.15, 0.2) is 11.5 Å². The fourth-order valence-electron chi connectivity index (χ4n) is 2.38. The molecule has 1 aromatic carbocycles. The molecule has 2 rings (SSSR count). The zero-order valence-electron chi connectivity index (χ0n) is 11.8. The lowest BCUT2D eigenvalue weighted by molar-refractivity contribution is -0.146. The summed E-state index contributed by atoms with van der Waals surface area (Å²) in [5.41, 5.74) is 0.520. The van der Waals surface area contributed by atoms with Gasteiger partial charge >= 0.3 is 5.97 Å². The molecule has 6 heteroatoms. The minimum Gasteiger partial charge on any atom is -0.490 e. The van der Waals surface area contributed by atoms with Crippen LogP contribution in [0.1, 0.15) is 37.9 Å². The van der Waals surface area contributed by atoms with E-state index in [0.717, 1.165) is 6.42 Å². The van der Waals surface area contributed by atoms with Gasteiger partial charge < -0.3 is 19.7 Å². The van der Waals surface area contributed by atoms with E-state index in [0.29, 0.717) is 47.6 Å². The molecule has 5 nitrogen and oxygen atoms in total. The molecular weight excluding hydrogens is 340 g/mol. The summed E-state index contributed by atoms with van der Waals surface area (Å²) in [5.74, 6) is -0.679. The maximum atomic E-state index is 11.3. The molecule has 0 radical (unpaired) electrons. The molecular formula is C15H19BrO5. The summed E-state index contributed by atoms with van der Waals surface area (Å²) in [6, 6.07) is 3.37. The summed E-state index contributed by atoms with van der Waals surface area (Å²) in [6.45, 7) is 3.00. The van der Waals surface area contributed by atoms with Crippen LogP contribution >= 0.6 is 15.9 Å². The number of fused-ring (bicyclic) bond motifs is 1. The van der Waals surface area contributed by atoms with Crippen LogP contribution in [0.15, 0.2) is 16.6 Å². The molecule has 0 bridgehead atoms. The summed E-state index contributed by atoms with van der Waals surface area (Å²) in [6.07, 6.45) is 0.824. The highest BCUT2D eigenvalue weighted by Crippen LogP contribution is 2.41. The van der Waals surface area contributed by atoms with E-state index in [4.69, 9.17) is 9.47 Å². The van der Waals surface area contributed by atoms with Crippen molar-refractivity contribution in [2.75, 3.05) is 13.2 Å². The van der Waals surface area contributed by atoms with Gasteiger partial charge in [0, 0.05) is 6.42 Å². The predicted octanol–water partition coefficient (Wildman–Crippen LogP) is 3.14. The highest BCUT2D eigenvalue weighted by molar-refractivity contribution is 9.10. The summed E-state index contributed by atoms with van der Waals surface area (Å²) < 4.78 is 11.9. The Morgan fingerprint density at radius 2 is 2.10 bits per heavy atom. The standard InChI is InChI=1S/C15H19BrO5/c1-2-4-10(15(18)19)13(17)9-7-11(16)14-12(8-9)20-5-3-6-21-14/h7-8,10,13,17H,2-6H2,1H3,(H,18,19). The first-order chi connectivity index (χ1) is 10.0. The fraction of sp³-hybridized carbons (Fsp3) is 0.533. The monoisotopic (exact) mass is 358 g/mol. The number of hydrogen-bond acceptors (Lipinski definition) is 4. The van der Waals surface area contributed by atoms with Crippen LogP contribution in [0.3, 0.4) is 0 Å². The van der Waals surface area contributed by atoms with E-state index in [1.807, 2.05) is 6.92 Å². The van der Waals surface area contributed by atoms with Crippen LogP contribution in [0, 0.1) is 5.92 Å². The van der Waals surface area contributed by atoms with Gasteiger partial charge in [-0.2, -0.15) is 0 Å². The number of carboxylic acids is 1. The third-order valence-electron chi connectivity index (χ3n) is 3.46. The number of carboxylic acid groups (broad SMARTS) is 1. The molecule has 2 unspecified atom stereocenters. The van der Waals surface area contributed by atoms with Crippen LogP contribution < -0.4 is 9.47 Å². The molecule has 0 saturated heterocycles. The summed E-state index contributed by atoms with van der Waals surface area (Å²) >= 11 is 3.40. The van der Waals surface area contributed by atoms with Crippen LogP contribution in [0.25, 0.3) is 0 Å². The number of hydrogen-bond donors (Lipinski definition) is 2. The van der Waals surface area contributed by atoms with Crippen molar-refractivity contribution in [2.24, 2.45) is 5.92 Å². The molecule has 0 saturated carbocycles. The molecule has 0 aromatic heterocycles. The van der Waals surface area contributed by atoms with Crippen LogP contribution in [-0.4, -0.2) is 29.4 Å². The van der Waals surface area contributed by atoms with E-state index in [-0.39, 0.29) is 0 Å². The number of aliphatic hydroxyl groups is 1. The molecule has 0 amide bonds. The highest BCUT2D eigenvalue weighted by atomic mass is 79.9. The number of halogens is 1. The fourth-order valence-corrected chi connectivity index (χ4v) is 2.96. The first-order valence-electron chi connectivity index (χ1n) is 7.04. The maximum absolute atomic E-state index is 11.3. The van der Waals surface area contributed by atoms with Crippen molar-refractivity contribution < 1.29 is 24.5 Å². The SMILES string of the molecule is CCCC(C(=O)O)C(O)c1cc(Br)c2c(c1)OCCCO2. The van der Waals surface area contributed by atoms with Gasteiger partial charge in [0.1, 0.15) is 0 Å². The molecule has 1 aliphatic rings. The van der Waals surface area contributed by atoms with Gasteiger partial charge in [0.25, 0.3) is 0 Å². The largest absolute Gasteiger partial charge is 0.490 e. The number of ether oxygens (including phenoxy) is 2. The summed E-state index contributed by atoms with van der Waals surface area (Å²) in [4.78, 5) is 11.3. The van der Waals surface area contributed by atoms with E-state index in [1.165, 1.54) is 0 Å². The Morgan fingerprint density at radius 1 is 1.38 bits per heavy atom. The van der Waals surface area contributed by atoms with E-state index >= 15 is 0 Å². The van der Waals surface area contributed by atoms with Crippen LogP contribution in [-0.2, 0) is 4.79 Å². The first-order valence-corrected chi connectivity index (χ1v) is 7.83. The summed E-state index contributed by atoms with van der Waals surface area (Å²) in [5, 5.41) is 19.6. The normalized spacial score (nSPS) is 16.9. The van der Waals surface area contributed by atoms with Gasteiger partial charge in [0.05, 0.1) is 29.7 Å². The molecule has 2 N–H and O–H groups in total. The third-order valence-corrected chi connectivity index (χ3v) is 4.05. The average Bonchev–Trinajstić information content (AvgIpc) is 2.69. The lowest BCUT2D eigenvalue weighted by atomic mass is 9.92. The topological polar surface area (TPSA) is 76.0 Å². The molecule has 2 atom stereocenters.